The van der Waals surface area contributed by atoms with Gasteiger partial charge in [0.1, 0.15) is 6.04 Å². The molecule has 0 spiro atoms. The Labute approximate surface area is 165 Å². The van der Waals surface area contributed by atoms with Crippen molar-refractivity contribution in [2.24, 2.45) is 0 Å². The topological polar surface area (TPSA) is 67.9 Å². The first-order chi connectivity index (χ1) is 13.5. The fraction of sp³-hybridized carbons (Fsp3) is 0.364. The third-order valence-electron chi connectivity index (χ3n) is 5.22. The lowest BCUT2D eigenvalue weighted by atomic mass is 9.92. The van der Waals surface area contributed by atoms with Gasteiger partial charge in [0.15, 0.2) is 11.5 Å². The zero-order valence-corrected chi connectivity index (χ0v) is 16.7. The van der Waals surface area contributed by atoms with E-state index < -0.39 is 6.04 Å². The van der Waals surface area contributed by atoms with Crippen molar-refractivity contribution in [3.05, 3.63) is 59.2 Å². The average Bonchev–Trinajstić information content (AvgIpc) is 2.73. The first-order valence-corrected chi connectivity index (χ1v) is 9.37. The summed E-state index contributed by atoms with van der Waals surface area (Å²) in [5.74, 6) is 0.986. The SMILES string of the molecule is COc1cc2c(cc1OC)[C@@H](C)N(C(=O)[C@@H](C)NC(=O)c1ccccc1)CC2. The number of nitrogens with one attached hydrogen (secondary N) is 1. The van der Waals surface area contributed by atoms with Crippen LogP contribution in [0.25, 0.3) is 0 Å². The molecule has 2 atom stereocenters. The molecule has 0 saturated carbocycles. The summed E-state index contributed by atoms with van der Waals surface area (Å²) in [5, 5.41) is 2.80. The number of nitrogens with zero attached hydrogens (tertiary/aromatic N) is 1. The lowest BCUT2D eigenvalue weighted by Gasteiger charge is -2.37. The van der Waals surface area contributed by atoms with Crippen LogP contribution in [0.2, 0.25) is 0 Å². The van der Waals surface area contributed by atoms with Crippen LogP contribution in [0.15, 0.2) is 42.5 Å². The first-order valence-electron chi connectivity index (χ1n) is 9.37. The molecule has 6 heteroatoms. The van der Waals surface area contributed by atoms with Crippen molar-refractivity contribution in [2.45, 2.75) is 32.4 Å². The number of methoxy groups -OCH3 is 2. The summed E-state index contributed by atoms with van der Waals surface area (Å²) in [7, 11) is 3.21. The largest absolute Gasteiger partial charge is 0.493 e. The zero-order chi connectivity index (χ0) is 20.3. The van der Waals surface area contributed by atoms with Gasteiger partial charge in [-0.05, 0) is 55.7 Å². The molecule has 28 heavy (non-hydrogen) atoms. The Hall–Kier alpha value is -3.02. The van der Waals surface area contributed by atoms with Gasteiger partial charge in [0.05, 0.1) is 20.3 Å². The van der Waals surface area contributed by atoms with Crippen molar-refractivity contribution < 1.29 is 19.1 Å². The average molecular weight is 382 g/mol. The molecule has 2 aromatic carbocycles. The van der Waals surface area contributed by atoms with Gasteiger partial charge < -0.3 is 19.7 Å². The molecule has 0 radical (unpaired) electrons. The van der Waals surface area contributed by atoms with E-state index in [0.717, 1.165) is 17.5 Å². The predicted octanol–water partition coefficient (Wildman–Crippen LogP) is 2.97. The maximum Gasteiger partial charge on any atom is 0.251 e. The second kappa shape index (κ2) is 8.33. The van der Waals surface area contributed by atoms with Crippen molar-refractivity contribution in [1.82, 2.24) is 10.2 Å². The minimum absolute atomic E-state index is 0.0998. The lowest BCUT2D eigenvalue weighted by Crippen LogP contribution is -2.49. The van der Waals surface area contributed by atoms with Crippen LogP contribution in [0.5, 0.6) is 11.5 Å². The van der Waals surface area contributed by atoms with E-state index >= 15 is 0 Å². The molecule has 0 aliphatic carbocycles. The Morgan fingerprint density at radius 2 is 1.75 bits per heavy atom. The molecule has 0 saturated heterocycles. The van der Waals surface area contributed by atoms with E-state index in [1.807, 2.05) is 30.0 Å². The fourth-order valence-electron chi connectivity index (χ4n) is 3.63. The summed E-state index contributed by atoms with van der Waals surface area (Å²) in [5.41, 5.74) is 2.73. The molecule has 0 fully saturated rings. The van der Waals surface area contributed by atoms with E-state index in [9.17, 15) is 9.59 Å². The Morgan fingerprint density at radius 1 is 1.11 bits per heavy atom. The van der Waals surface area contributed by atoms with E-state index in [0.29, 0.717) is 23.6 Å². The van der Waals surface area contributed by atoms with Crippen LogP contribution in [0.3, 0.4) is 0 Å². The van der Waals surface area contributed by atoms with E-state index in [4.69, 9.17) is 9.47 Å². The number of carbonyl (C=O) groups excluding carboxylic acids is 2. The Balaban J connectivity index is 1.75. The highest BCUT2D eigenvalue weighted by Crippen LogP contribution is 2.38. The van der Waals surface area contributed by atoms with Crippen LogP contribution in [-0.4, -0.2) is 43.5 Å². The minimum atomic E-state index is -0.614. The molecule has 148 valence electrons. The molecule has 1 heterocycles. The normalized spacial score (nSPS) is 16.7. The first kappa shape index (κ1) is 19.7. The van der Waals surface area contributed by atoms with E-state index in [1.54, 1.807) is 45.4 Å². The van der Waals surface area contributed by atoms with Crippen molar-refractivity contribution in [3.63, 3.8) is 0 Å². The Kier molecular flexibility index (Phi) is 5.87. The van der Waals surface area contributed by atoms with Gasteiger partial charge in [0, 0.05) is 12.1 Å². The molecule has 1 N–H and O–H groups in total. The van der Waals surface area contributed by atoms with Crippen molar-refractivity contribution >= 4 is 11.8 Å². The molecular weight excluding hydrogens is 356 g/mol. The molecule has 2 amide bonds. The van der Waals surface area contributed by atoms with Crippen molar-refractivity contribution in [1.29, 1.82) is 0 Å². The monoisotopic (exact) mass is 382 g/mol. The quantitative estimate of drug-likeness (QED) is 0.863. The van der Waals surface area contributed by atoms with Crippen LogP contribution in [0.4, 0.5) is 0 Å². The highest BCUT2D eigenvalue weighted by Gasteiger charge is 2.32. The molecule has 6 nitrogen and oxygen atoms in total. The highest BCUT2D eigenvalue weighted by atomic mass is 16.5. The molecule has 3 rings (SSSR count). The van der Waals surface area contributed by atoms with Crippen LogP contribution in [0.1, 0.15) is 41.4 Å². The van der Waals surface area contributed by atoms with Gasteiger partial charge in [-0.3, -0.25) is 9.59 Å². The van der Waals surface area contributed by atoms with Crippen LogP contribution < -0.4 is 14.8 Å². The predicted molar refractivity (Wildman–Crippen MR) is 107 cm³/mol. The molecule has 2 aromatic rings. The van der Waals surface area contributed by atoms with E-state index in [-0.39, 0.29) is 17.9 Å². The zero-order valence-electron chi connectivity index (χ0n) is 16.7. The molecule has 1 aliphatic rings. The maximum atomic E-state index is 13.0. The number of hydrogen-bond donors (Lipinski definition) is 1. The van der Waals surface area contributed by atoms with Gasteiger partial charge in [-0.2, -0.15) is 0 Å². The number of carbonyl (C=O) groups is 2. The lowest BCUT2D eigenvalue weighted by molar-refractivity contribution is -0.135. The smallest absolute Gasteiger partial charge is 0.251 e. The van der Waals surface area contributed by atoms with Crippen molar-refractivity contribution in [2.75, 3.05) is 20.8 Å². The van der Waals surface area contributed by atoms with Gasteiger partial charge >= 0.3 is 0 Å². The standard InChI is InChI=1S/C22H26N2O4/c1-14(23-21(25)16-8-6-5-7-9-16)22(26)24-11-10-17-12-19(27-3)20(28-4)13-18(17)15(24)2/h5-9,12-15H,10-11H2,1-4H3,(H,23,25)/t14-,15-/m1/s1. The summed E-state index contributed by atoms with van der Waals surface area (Å²) in [6, 6.07) is 12.1. The van der Waals surface area contributed by atoms with Gasteiger partial charge in [0.2, 0.25) is 5.91 Å². The number of rotatable bonds is 5. The summed E-state index contributed by atoms with van der Waals surface area (Å²) in [6.07, 6.45) is 0.727. The number of benzene rings is 2. The van der Waals surface area contributed by atoms with E-state index in [1.165, 1.54) is 0 Å². The third-order valence-corrected chi connectivity index (χ3v) is 5.22. The molecule has 0 aromatic heterocycles. The third kappa shape index (κ3) is 3.81. The number of ether oxygens (including phenoxy) is 2. The fourth-order valence-corrected chi connectivity index (χ4v) is 3.63. The summed E-state index contributed by atoms with van der Waals surface area (Å²) in [6.45, 7) is 4.31. The van der Waals surface area contributed by atoms with Gasteiger partial charge in [-0.25, -0.2) is 0 Å². The number of hydrogen-bond acceptors (Lipinski definition) is 4. The molecule has 1 aliphatic heterocycles. The summed E-state index contributed by atoms with van der Waals surface area (Å²) in [4.78, 5) is 27.2. The van der Waals surface area contributed by atoms with Crippen molar-refractivity contribution in [3.8, 4) is 11.5 Å². The van der Waals surface area contributed by atoms with Gasteiger partial charge in [-0.1, -0.05) is 18.2 Å². The van der Waals surface area contributed by atoms with Crippen LogP contribution >= 0.6 is 0 Å². The molecular formula is C22H26N2O4. The van der Waals surface area contributed by atoms with Gasteiger partial charge in [-0.15, -0.1) is 0 Å². The maximum absolute atomic E-state index is 13.0. The second-order valence-electron chi connectivity index (χ2n) is 6.92. The van der Waals surface area contributed by atoms with Crippen LogP contribution in [-0.2, 0) is 11.2 Å². The van der Waals surface area contributed by atoms with E-state index in [2.05, 4.69) is 5.32 Å². The minimum Gasteiger partial charge on any atom is -0.493 e. The van der Waals surface area contributed by atoms with Gasteiger partial charge in [0.25, 0.3) is 5.91 Å². The Morgan fingerprint density at radius 3 is 2.39 bits per heavy atom. The molecule has 0 bridgehead atoms. The summed E-state index contributed by atoms with van der Waals surface area (Å²) < 4.78 is 10.8. The number of fused-ring (bicyclic) bond motifs is 1. The summed E-state index contributed by atoms with van der Waals surface area (Å²) >= 11 is 0. The highest BCUT2D eigenvalue weighted by molar-refractivity contribution is 5.97. The Bertz CT molecular complexity index is 866. The number of amides is 2. The van der Waals surface area contributed by atoms with Crippen LogP contribution in [0, 0.1) is 0 Å². The second-order valence-corrected chi connectivity index (χ2v) is 6.92. The molecule has 0 unspecified atom stereocenters.